The zero-order valence-corrected chi connectivity index (χ0v) is 16.3. The van der Waals surface area contributed by atoms with Crippen LogP contribution in [0.15, 0.2) is 52.7 Å². The van der Waals surface area contributed by atoms with Crippen molar-refractivity contribution in [2.45, 2.75) is 18.6 Å². The van der Waals surface area contributed by atoms with Crippen LogP contribution in [0, 0.1) is 5.82 Å². The Morgan fingerprint density at radius 1 is 1.21 bits per heavy atom. The minimum Gasteiger partial charge on any atom is -0.493 e. The summed E-state index contributed by atoms with van der Waals surface area (Å²) >= 11 is 1.31. The van der Waals surface area contributed by atoms with E-state index < -0.39 is 0 Å². The number of hydrogen-bond donors (Lipinski definition) is 1. The molecule has 1 saturated heterocycles. The van der Waals surface area contributed by atoms with Crippen LogP contribution in [0.1, 0.15) is 18.1 Å². The van der Waals surface area contributed by atoms with E-state index in [-0.39, 0.29) is 17.0 Å². The highest BCUT2D eigenvalue weighted by atomic mass is 32.2. The number of nitrogens with one attached hydrogen (secondary N) is 1. The van der Waals surface area contributed by atoms with Crippen LogP contribution in [0.25, 0.3) is 0 Å². The van der Waals surface area contributed by atoms with Crippen molar-refractivity contribution in [1.29, 1.82) is 0 Å². The summed E-state index contributed by atoms with van der Waals surface area (Å²) in [4.78, 5) is 12.1. The molecule has 1 amide bonds. The maximum absolute atomic E-state index is 13.0. The van der Waals surface area contributed by atoms with Gasteiger partial charge in [-0.2, -0.15) is 5.10 Å². The first-order chi connectivity index (χ1) is 13.6. The third-order valence-corrected chi connectivity index (χ3v) is 5.03. The zero-order valence-electron chi connectivity index (χ0n) is 15.5. The minimum atomic E-state index is -0.315. The van der Waals surface area contributed by atoms with Crippen molar-refractivity contribution in [2.24, 2.45) is 10.2 Å². The third-order valence-electron chi connectivity index (χ3n) is 3.95. The summed E-state index contributed by atoms with van der Waals surface area (Å²) in [5, 5.41) is 11.0. The fourth-order valence-corrected chi connectivity index (χ4v) is 3.57. The second-order valence-corrected chi connectivity index (χ2v) is 7.11. The Morgan fingerprint density at radius 3 is 2.71 bits per heavy atom. The maximum Gasteiger partial charge on any atom is 0.239 e. The SMILES string of the molecule is CCOc1ccc(/C=N/N=C2\NC(=O)C(Cc3ccc(F)cc3)S2)cc1OC. The van der Waals surface area contributed by atoms with E-state index in [4.69, 9.17) is 9.47 Å². The van der Waals surface area contributed by atoms with Gasteiger partial charge in [0.25, 0.3) is 0 Å². The lowest BCUT2D eigenvalue weighted by Crippen LogP contribution is -2.25. The first-order valence-electron chi connectivity index (χ1n) is 8.73. The fraction of sp³-hybridized carbons (Fsp3) is 0.250. The van der Waals surface area contributed by atoms with Crippen molar-refractivity contribution in [2.75, 3.05) is 13.7 Å². The summed E-state index contributed by atoms with van der Waals surface area (Å²) in [6.07, 6.45) is 2.07. The highest BCUT2D eigenvalue weighted by Gasteiger charge is 2.30. The van der Waals surface area contributed by atoms with Crippen LogP contribution in [0.2, 0.25) is 0 Å². The number of thioether (sulfide) groups is 1. The molecule has 2 aromatic rings. The average Bonchev–Trinajstić information content (AvgIpc) is 3.04. The molecule has 2 aromatic carbocycles. The molecule has 0 bridgehead atoms. The lowest BCUT2D eigenvalue weighted by Gasteiger charge is -2.09. The number of carbonyl (C=O) groups is 1. The number of rotatable bonds is 7. The van der Waals surface area contributed by atoms with E-state index in [1.807, 2.05) is 19.1 Å². The summed E-state index contributed by atoms with van der Waals surface area (Å²) < 4.78 is 23.8. The number of hydrogen-bond acceptors (Lipinski definition) is 6. The number of nitrogens with zero attached hydrogens (tertiary/aromatic N) is 2. The molecule has 28 heavy (non-hydrogen) atoms. The molecule has 1 fully saturated rings. The third kappa shape index (κ3) is 5.10. The van der Waals surface area contributed by atoms with Gasteiger partial charge in [-0.15, -0.1) is 5.10 Å². The summed E-state index contributed by atoms with van der Waals surface area (Å²) in [7, 11) is 1.57. The number of carbonyl (C=O) groups excluding carboxylic acids is 1. The van der Waals surface area contributed by atoms with E-state index >= 15 is 0 Å². The molecule has 0 aromatic heterocycles. The monoisotopic (exact) mass is 401 g/mol. The van der Waals surface area contributed by atoms with Gasteiger partial charge in [-0.25, -0.2) is 4.39 Å². The molecular formula is C20H20FN3O3S. The van der Waals surface area contributed by atoms with E-state index in [9.17, 15) is 9.18 Å². The van der Waals surface area contributed by atoms with Crippen molar-refractivity contribution >= 4 is 29.1 Å². The largest absolute Gasteiger partial charge is 0.493 e. The van der Waals surface area contributed by atoms with Crippen molar-refractivity contribution in [1.82, 2.24) is 5.32 Å². The molecule has 1 unspecified atom stereocenters. The molecule has 8 heteroatoms. The number of amidine groups is 1. The molecular weight excluding hydrogens is 381 g/mol. The van der Waals surface area contributed by atoms with Crippen LogP contribution >= 0.6 is 11.8 Å². The van der Waals surface area contributed by atoms with Gasteiger partial charge in [0.1, 0.15) is 5.82 Å². The molecule has 6 nitrogen and oxygen atoms in total. The van der Waals surface area contributed by atoms with Gasteiger partial charge in [0.2, 0.25) is 5.91 Å². The summed E-state index contributed by atoms with van der Waals surface area (Å²) in [6.45, 7) is 2.45. The number of amides is 1. The van der Waals surface area contributed by atoms with Crippen molar-refractivity contribution in [3.05, 3.63) is 59.4 Å². The Balaban J connectivity index is 1.63. The number of ether oxygens (including phenoxy) is 2. The van der Waals surface area contributed by atoms with Gasteiger partial charge < -0.3 is 14.8 Å². The van der Waals surface area contributed by atoms with E-state index in [0.29, 0.717) is 29.7 Å². The lowest BCUT2D eigenvalue weighted by atomic mass is 10.1. The van der Waals surface area contributed by atoms with E-state index in [2.05, 4.69) is 15.5 Å². The zero-order chi connectivity index (χ0) is 19.9. The molecule has 0 saturated carbocycles. The molecule has 3 rings (SSSR count). The van der Waals surface area contributed by atoms with Gasteiger partial charge in [0, 0.05) is 0 Å². The van der Waals surface area contributed by atoms with Gasteiger partial charge in [0.05, 0.1) is 25.2 Å². The summed E-state index contributed by atoms with van der Waals surface area (Å²) in [5.74, 6) is 0.845. The molecule has 0 radical (unpaired) electrons. The van der Waals surface area contributed by atoms with Gasteiger partial charge in [-0.3, -0.25) is 4.79 Å². The Bertz CT molecular complexity index is 900. The summed E-state index contributed by atoms with van der Waals surface area (Å²) in [5.41, 5.74) is 1.68. The molecule has 1 atom stereocenters. The van der Waals surface area contributed by atoms with Crippen LogP contribution in [-0.2, 0) is 11.2 Å². The molecule has 0 aliphatic carbocycles. The Labute approximate surface area is 166 Å². The van der Waals surface area contributed by atoms with E-state index in [1.165, 1.54) is 23.9 Å². The molecule has 1 aliphatic rings. The Morgan fingerprint density at radius 2 is 2.00 bits per heavy atom. The first kappa shape index (κ1) is 19.9. The van der Waals surface area contributed by atoms with E-state index in [0.717, 1.165) is 11.1 Å². The topological polar surface area (TPSA) is 72.3 Å². The van der Waals surface area contributed by atoms with Crippen molar-refractivity contribution in [3.8, 4) is 11.5 Å². The van der Waals surface area contributed by atoms with E-state index in [1.54, 1.807) is 31.5 Å². The molecule has 1 heterocycles. The predicted octanol–water partition coefficient (Wildman–Crippen LogP) is 3.40. The minimum absolute atomic E-state index is 0.133. The van der Waals surface area contributed by atoms with Gasteiger partial charge in [-0.05, 0) is 54.8 Å². The quantitative estimate of drug-likeness (QED) is 0.570. The second kappa shape index (κ2) is 9.36. The molecule has 0 spiro atoms. The highest BCUT2D eigenvalue weighted by Crippen LogP contribution is 2.27. The van der Waals surface area contributed by atoms with Crippen molar-refractivity contribution in [3.63, 3.8) is 0 Å². The number of halogens is 1. The predicted molar refractivity (Wildman–Crippen MR) is 109 cm³/mol. The molecule has 146 valence electrons. The van der Waals surface area contributed by atoms with Crippen LogP contribution in [0.3, 0.4) is 0 Å². The van der Waals surface area contributed by atoms with Crippen LogP contribution in [-0.4, -0.2) is 36.3 Å². The maximum atomic E-state index is 13.0. The van der Waals surface area contributed by atoms with Crippen LogP contribution in [0.4, 0.5) is 4.39 Å². The van der Waals surface area contributed by atoms with Gasteiger partial charge in [-0.1, -0.05) is 23.9 Å². The standard InChI is InChI=1S/C20H20FN3O3S/c1-3-27-16-9-6-14(10-17(16)26-2)12-22-24-20-23-19(25)18(28-20)11-13-4-7-15(21)8-5-13/h4-10,12,18H,3,11H2,1-2H3,(H,23,24,25)/b22-12+. The molecule has 1 aliphatic heterocycles. The second-order valence-electron chi connectivity index (χ2n) is 5.92. The fourth-order valence-electron chi connectivity index (χ4n) is 2.61. The number of benzene rings is 2. The van der Waals surface area contributed by atoms with Crippen molar-refractivity contribution < 1.29 is 18.7 Å². The Kier molecular flexibility index (Phi) is 6.65. The smallest absolute Gasteiger partial charge is 0.239 e. The van der Waals surface area contributed by atoms with Gasteiger partial charge in [0.15, 0.2) is 16.7 Å². The van der Waals surface area contributed by atoms with Crippen LogP contribution in [0.5, 0.6) is 11.5 Å². The lowest BCUT2D eigenvalue weighted by molar-refractivity contribution is -0.118. The van der Waals surface area contributed by atoms with Gasteiger partial charge >= 0.3 is 0 Å². The highest BCUT2D eigenvalue weighted by molar-refractivity contribution is 8.15. The van der Waals surface area contributed by atoms with Crippen LogP contribution < -0.4 is 14.8 Å². The Hall–Kier alpha value is -2.87. The number of methoxy groups -OCH3 is 1. The first-order valence-corrected chi connectivity index (χ1v) is 9.61. The summed E-state index contributed by atoms with van der Waals surface area (Å²) in [6, 6.07) is 11.6. The molecule has 1 N–H and O–H groups in total. The average molecular weight is 401 g/mol. The normalized spacial score (nSPS) is 17.9.